The number of fused-ring (bicyclic) bond motifs is 4. The summed E-state index contributed by atoms with van der Waals surface area (Å²) in [5.74, 6) is -1.41. The third-order valence-corrected chi connectivity index (χ3v) is 10.1. The largest absolute Gasteiger partial charge is 0.481 e. The Kier molecular flexibility index (Phi) is 6.34. The molecule has 0 spiro atoms. The van der Waals surface area contributed by atoms with E-state index in [4.69, 9.17) is 0 Å². The lowest BCUT2D eigenvalue weighted by atomic mass is 9.57. The quantitative estimate of drug-likeness (QED) is 0.629. The molecule has 1 heterocycles. The van der Waals surface area contributed by atoms with Crippen LogP contribution in [0.2, 0.25) is 0 Å². The van der Waals surface area contributed by atoms with Crippen LogP contribution in [-0.2, 0) is 11.2 Å². The molecule has 4 aliphatic rings. The third kappa shape index (κ3) is 4.34. The van der Waals surface area contributed by atoms with Crippen molar-refractivity contribution in [3.8, 4) is 0 Å². The van der Waals surface area contributed by atoms with Crippen LogP contribution in [-0.4, -0.2) is 41.8 Å². The normalized spacial score (nSPS) is 32.4. The summed E-state index contributed by atoms with van der Waals surface area (Å²) in [6.45, 7) is 7.16. The molecule has 192 valence electrons. The van der Waals surface area contributed by atoms with Gasteiger partial charge in [-0.15, -0.1) is 0 Å². The van der Waals surface area contributed by atoms with Crippen LogP contribution in [0.3, 0.4) is 0 Å². The van der Waals surface area contributed by atoms with Crippen LogP contribution >= 0.6 is 0 Å². The number of rotatable bonds is 4. The van der Waals surface area contributed by atoms with Crippen molar-refractivity contribution < 1.29 is 23.1 Å². The average molecular weight is 490 g/mol. The molecule has 5 rings (SSSR count). The van der Waals surface area contributed by atoms with Gasteiger partial charge < -0.3 is 10.0 Å². The maximum Gasteiger partial charge on any atom is 0.395 e. The number of hydrogen-bond donors (Lipinski definition) is 1. The van der Waals surface area contributed by atoms with Crippen molar-refractivity contribution in [3.63, 3.8) is 0 Å². The molecule has 0 radical (unpaired) electrons. The van der Waals surface area contributed by atoms with Gasteiger partial charge >= 0.3 is 12.1 Å². The van der Waals surface area contributed by atoms with Gasteiger partial charge in [0.1, 0.15) is 0 Å². The van der Waals surface area contributed by atoms with Crippen LogP contribution in [0.25, 0.3) is 12.2 Å². The zero-order chi connectivity index (χ0) is 25.0. The molecule has 0 amide bonds. The smallest absolute Gasteiger partial charge is 0.395 e. The molecule has 0 bridgehead atoms. The Hall–Kier alpha value is -1.82. The molecule has 1 saturated carbocycles. The van der Waals surface area contributed by atoms with Crippen molar-refractivity contribution in [3.05, 3.63) is 33.7 Å². The van der Waals surface area contributed by atoms with Crippen LogP contribution in [0.1, 0.15) is 82.3 Å². The van der Waals surface area contributed by atoms with Gasteiger partial charge in [-0.05, 0) is 90.4 Å². The zero-order valence-corrected chi connectivity index (χ0v) is 21.0. The summed E-state index contributed by atoms with van der Waals surface area (Å²) in [7, 11) is 0. The highest BCUT2D eigenvalue weighted by Gasteiger charge is 2.49. The first-order valence-electron chi connectivity index (χ1n) is 13.4. The van der Waals surface area contributed by atoms with Gasteiger partial charge in [-0.25, -0.2) is 0 Å². The van der Waals surface area contributed by atoms with Gasteiger partial charge in [-0.2, -0.15) is 13.2 Å². The van der Waals surface area contributed by atoms with E-state index in [9.17, 15) is 23.1 Å². The summed E-state index contributed by atoms with van der Waals surface area (Å²) >= 11 is 0. The van der Waals surface area contributed by atoms with Crippen molar-refractivity contribution >= 4 is 18.1 Å². The van der Waals surface area contributed by atoms with Gasteiger partial charge in [0.2, 0.25) is 0 Å². The molecular formula is C29H38F3NO2. The van der Waals surface area contributed by atoms with Crippen molar-refractivity contribution in [2.45, 2.75) is 83.7 Å². The van der Waals surface area contributed by atoms with Gasteiger partial charge in [-0.3, -0.25) is 4.79 Å². The first kappa shape index (κ1) is 24.9. The summed E-state index contributed by atoms with van der Waals surface area (Å²) in [6, 6.07) is 4.16. The highest BCUT2D eigenvalue weighted by Crippen LogP contribution is 2.51. The Morgan fingerprint density at radius 2 is 1.94 bits per heavy atom. The molecule has 2 unspecified atom stereocenters. The fourth-order valence-corrected chi connectivity index (χ4v) is 7.64. The summed E-state index contributed by atoms with van der Waals surface area (Å²) in [4.78, 5) is 14.6. The number of benzene rings is 1. The van der Waals surface area contributed by atoms with Crippen molar-refractivity contribution in [2.75, 3.05) is 19.6 Å². The number of likely N-dealkylation sites (tertiary alicyclic amines) is 1. The van der Waals surface area contributed by atoms with Crippen LogP contribution in [0.15, 0.2) is 12.1 Å². The van der Waals surface area contributed by atoms with E-state index in [-0.39, 0.29) is 17.8 Å². The average Bonchev–Trinajstić information content (AvgIpc) is 2.83. The molecule has 35 heavy (non-hydrogen) atoms. The van der Waals surface area contributed by atoms with Crippen molar-refractivity contribution in [1.29, 1.82) is 0 Å². The van der Waals surface area contributed by atoms with Crippen LogP contribution in [0.4, 0.5) is 13.2 Å². The Balaban J connectivity index is 1.41. The molecule has 1 aromatic carbocycles. The number of nitrogens with zero attached hydrogens (tertiary/aromatic N) is 1. The van der Waals surface area contributed by atoms with E-state index >= 15 is 0 Å². The minimum atomic E-state index is -4.22. The van der Waals surface area contributed by atoms with Gasteiger partial charge in [-0.1, -0.05) is 57.4 Å². The maximum absolute atomic E-state index is 13.6. The maximum atomic E-state index is 13.6. The minimum absolute atomic E-state index is 0.0165. The molecule has 1 saturated heterocycles. The lowest BCUT2D eigenvalue weighted by Gasteiger charge is -2.54. The summed E-state index contributed by atoms with van der Waals surface area (Å²) in [6.07, 6.45) is 6.38. The van der Waals surface area contributed by atoms with Crippen LogP contribution in [0, 0.1) is 22.7 Å². The zero-order valence-electron chi connectivity index (χ0n) is 21.0. The molecule has 1 aliphatic heterocycles. The number of carbonyl (C=O) groups is 1. The van der Waals surface area contributed by atoms with Gasteiger partial charge in [0.05, 0.1) is 11.3 Å². The fourth-order valence-electron chi connectivity index (χ4n) is 7.64. The fraction of sp³-hybridized carbons (Fsp3) is 0.690. The van der Waals surface area contributed by atoms with Crippen molar-refractivity contribution in [1.82, 2.24) is 4.90 Å². The topological polar surface area (TPSA) is 40.5 Å². The van der Waals surface area contributed by atoms with Gasteiger partial charge in [0.25, 0.3) is 0 Å². The Labute approximate surface area is 206 Å². The second-order valence-corrected chi connectivity index (χ2v) is 12.0. The first-order chi connectivity index (χ1) is 16.5. The molecule has 0 aromatic heterocycles. The van der Waals surface area contributed by atoms with E-state index in [2.05, 4.69) is 24.8 Å². The molecule has 1 aromatic rings. The Bertz CT molecular complexity index is 1100. The highest BCUT2D eigenvalue weighted by atomic mass is 19.4. The first-order valence-corrected chi connectivity index (χ1v) is 13.4. The molecule has 3 nitrogen and oxygen atoms in total. The van der Waals surface area contributed by atoms with E-state index < -0.39 is 23.5 Å². The summed E-state index contributed by atoms with van der Waals surface area (Å²) in [5.41, 5.74) is 1.70. The van der Waals surface area contributed by atoms with E-state index in [1.807, 2.05) is 6.07 Å². The van der Waals surface area contributed by atoms with Crippen LogP contribution in [0.5, 0.6) is 0 Å². The number of aliphatic carboxylic acids is 1. The molecule has 3 aliphatic carbocycles. The summed E-state index contributed by atoms with van der Waals surface area (Å²) < 4.78 is 40.8. The Morgan fingerprint density at radius 3 is 2.63 bits per heavy atom. The third-order valence-electron chi connectivity index (χ3n) is 10.1. The van der Waals surface area contributed by atoms with Crippen LogP contribution < -0.4 is 10.4 Å². The number of hydrogen-bond acceptors (Lipinski definition) is 2. The number of halogens is 3. The lowest BCUT2D eigenvalue weighted by Crippen LogP contribution is -2.55. The highest BCUT2D eigenvalue weighted by molar-refractivity contribution is 5.74. The lowest BCUT2D eigenvalue weighted by molar-refractivity contribution is -0.155. The molecule has 1 N–H and O–H groups in total. The van der Waals surface area contributed by atoms with E-state index in [0.29, 0.717) is 12.3 Å². The van der Waals surface area contributed by atoms with Gasteiger partial charge in [0, 0.05) is 6.54 Å². The molecule has 6 heteroatoms. The number of carboxylic acid groups (broad SMARTS) is 1. The van der Waals surface area contributed by atoms with Crippen molar-refractivity contribution in [2.24, 2.45) is 22.7 Å². The number of alkyl halides is 3. The SMILES string of the molecule is C[C@H]1c2c(ccc3c2=CC(C(F)(F)F)CC=3)CC2CCN(CCC3(C(=O)O)CCCCC3)C[C@@]21C. The monoisotopic (exact) mass is 489 g/mol. The second-order valence-electron chi connectivity index (χ2n) is 12.0. The summed E-state index contributed by atoms with van der Waals surface area (Å²) in [5, 5.41) is 11.7. The van der Waals surface area contributed by atoms with E-state index in [1.165, 1.54) is 11.6 Å². The minimum Gasteiger partial charge on any atom is -0.481 e. The Morgan fingerprint density at radius 1 is 1.20 bits per heavy atom. The second kappa shape index (κ2) is 8.93. The van der Waals surface area contributed by atoms with E-state index in [1.54, 1.807) is 6.08 Å². The molecule has 4 atom stereocenters. The molecule has 2 fully saturated rings. The number of carboxylic acids is 1. The number of piperidine rings is 1. The predicted octanol–water partition coefficient (Wildman–Crippen LogP) is 5.24. The van der Waals surface area contributed by atoms with Gasteiger partial charge in [0.15, 0.2) is 0 Å². The predicted molar refractivity (Wildman–Crippen MR) is 131 cm³/mol. The van der Waals surface area contributed by atoms with E-state index in [0.717, 1.165) is 80.6 Å². The molecular weight excluding hydrogens is 451 g/mol. The standard InChI is InChI=1S/C29H38F3NO2/c1-19-25-21(7-6-20-8-9-23(17-24(20)25)29(30,31)32)16-22-10-14-33(18-27(19,22)2)15-13-28(26(34)35)11-4-3-5-12-28/h6-8,17,19,22-23H,3-5,9-16,18H2,1-2H3,(H,34,35)/t19-,22?,23?,27+/m0/s1.